The average molecular weight is 533 g/mol. The molecule has 0 saturated carbocycles. The zero-order valence-corrected chi connectivity index (χ0v) is 23.7. The van der Waals surface area contributed by atoms with Gasteiger partial charge in [-0.3, -0.25) is 0 Å². The van der Waals surface area contributed by atoms with Crippen LogP contribution in [0.5, 0.6) is 0 Å². The highest BCUT2D eigenvalue weighted by Crippen LogP contribution is 2.56. The molecule has 0 nitrogen and oxygen atoms in total. The Morgan fingerprint density at radius 1 is 0.514 bits per heavy atom. The Morgan fingerprint density at radius 2 is 0.919 bits per heavy atom. The Bertz CT molecular complexity index is 1560. The smallest absolute Gasteiger partial charge is 0.0232 e. The maximum Gasteiger partial charge on any atom is 0.0232 e. The largest absolute Gasteiger partial charge is 0.121 e. The van der Waals surface area contributed by atoms with E-state index in [2.05, 4.69) is 129 Å². The minimum Gasteiger partial charge on any atom is -0.121 e. The van der Waals surface area contributed by atoms with Crippen molar-refractivity contribution in [3.8, 4) is 5.30 Å². The highest BCUT2D eigenvalue weighted by molar-refractivity contribution is 7.98. The van der Waals surface area contributed by atoms with Gasteiger partial charge in [0.15, 0.2) is 0 Å². The van der Waals surface area contributed by atoms with Crippen LogP contribution in [0.25, 0.3) is 26.3 Å². The summed E-state index contributed by atoms with van der Waals surface area (Å²) in [6.45, 7) is 4.56. The van der Waals surface area contributed by atoms with Crippen molar-refractivity contribution >= 4 is 52.1 Å². The maximum absolute atomic E-state index is 2.48. The average Bonchev–Trinajstić information content (AvgIpc) is 3.23. The second kappa shape index (κ2) is 10.8. The highest BCUT2D eigenvalue weighted by atomic mass is 32.2. The molecule has 0 aliphatic heterocycles. The monoisotopic (exact) mass is 532 g/mol. The van der Waals surface area contributed by atoms with Gasteiger partial charge in [0.25, 0.3) is 0 Å². The van der Waals surface area contributed by atoms with Gasteiger partial charge in [-0.05, 0) is 76.4 Å². The van der Waals surface area contributed by atoms with Gasteiger partial charge in [-0.25, -0.2) is 0 Å². The van der Waals surface area contributed by atoms with Gasteiger partial charge in [0.05, 0.1) is 0 Å². The number of benzene rings is 5. The van der Waals surface area contributed by atoms with E-state index in [0.717, 1.165) is 11.5 Å². The lowest BCUT2D eigenvalue weighted by molar-refractivity contribution is 1.31. The first-order chi connectivity index (χ1) is 18.2. The topological polar surface area (TPSA) is 0 Å². The predicted octanol–water partition coefficient (Wildman–Crippen LogP) is 11.2. The summed E-state index contributed by atoms with van der Waals surface area (Å²) in [5.74, 6) is 1.99. The lowest BCUT2D eigenvalue weighted by atomic mass is 10.1. The van der Waals surface area contributed by atoms with Gasteiger partial charge in [0.2, 0.25) is 0 Å². The van der Waals surface area contributed by atoms with Crippen LogP contribution in [0.4, 0.5) is 0 Å². The molecule has 0 saturated heterocycles. The summed E-state index contributed by atoms with van der Waals surface area (Å²) in [6, 6.07) is 42.6. The number of hydrogen-bond donors (Lipinski definition) is 0. The molecule has 0 spiro atoms. The van der Waals surface area contributed by atoms with Gasteiger partial charge in [0.1, 0.15) is 0 Å². The fourth-order valence-electron chi connectivity index (χ4n) is 4.91. The molecule has 1 heterocycles. The lowest BCUT2D eigenvalue weighted by Gasteiger charge is -2.08. The minimum absolute atomic E-state index is 0.554. The van der Waals surface area contributed by atoms with Crippen LogP contribution in [0.1, 0.15) is 22.3 Å². The number of rotatable bonds is 7. The third-order valence-electron chi connectivity index (χ3n) is 6.85. The van der Waals surface area contributed by atoms with Crippen molar-refractivity contribution in [2.45, 2.75) is 35.1 Å². The van der Waals surface area contributed by atoms with Crippen LogP contribution in [0.2, 0.25) is 0 Å². The van der Waals surface area contributed by atoms with Crippen molar-refractivity contribution in [1.29, 1.82) is 0 Å². The van der Waals surface area contributed by atoms with Crippen molar-refractivity contribution in [1.82, 2.24) is 0 Å². The number of fused-ring (bicyclic) bond motifs is 3. The van der Waals surface area contributed by atoms with Crippen LogP contribution >= 0.6 is 31.1 Å². The molecule has 0 aliphatic rings. The molecule has 6 aromatic rings. The quantitative estimate of drug-likeness (QED) is 0.188. The molecule has 1 aromatic heterocycles. The van der Waals surface area contributed by atoms with Crippen molar-refractivity contribution in [2.24, 2.45) is 0 Å². The van der Waals surface area contributed by atoms with Crippen LogP contribution in [0.15, 0.2) is 125 Å². The Labute approximate surface area is 229 Å². The summed E-state index contributed by atoms with van der Waals surface area (Å²) < 4.78 is 0. The zero-order valence-electron chi connectivity index (χ0n) is 21.1. The number of thioether (sulfide) groups is 2. The lowest BCUT2D eigenvalue weighted by Crippen LogP contribution is -1.84. The van der Waals surface area contributed by atoms with Gasteiger partial charge in [-0.15, -0.1) is 23.5 Å². The first kappa shape index (κ1) is 24.4. The van der Waals surface area contributed by atoms with E-state index in [4.69, 9.17) is 0 Å². The second-order valence-corrected chi connectivity index (χ2v) is 13.7. The van der Waals surface area contributed by atoms with Crippen LogP contribution < -0.4 is 0 Å². The summed E-state index contributed by atoms with van der Waals surface area (Å²) in [4.78, 5) is 2.77. The molecule has 5 aromatic carbocycles. The molecule has 0 N–H and O–H groups in total. The molecule has 0 bridgehead atoms. The van der Waals surface area contributed by atoms with Crippen molar-refractivity contribution in [3.63, 3.8) is 0 Å². The maximum atomic E-state index is 2.48. The molecule has 182 valence electrons. The molecule has 6 rings (SSSR count). The third-order valence-corrected chi connectivity index (χ3v) is 11.8. The molecule has 0 radical (unpaired) electrons. The molecular weight excluding hydrogens is 503 g/mol. The summed E-state index contributed by atoms with van der Waals surface area (Å²) in [6.07, 6.45) is 0. The molecule has 3 heteroatoms. The van der Waals surface area contributed by atoms with Gasteiger partial charge in [0, 0.05) is 31.5 Å². The van der Waals surface area contributed by atoms with E-state index < -0.39 is 7.53 Å². The molecule has 0 aliphatic carbocycles. The van der Waals surface area contributed by atoms with Gasteiger partial charge in [-0.2, -0.15) is 0 Å². The van der Waals surface area contributed by atoms with Gasteiger partial charge >= 0.3 is 0 Å². The van der Waals surface area contributed by atoms with Crippen LogP contribution in [-0.2, 0) is 11.5 Å². The molecule has 0 fully saturated rings. The Morgan fingerprint density at radius 3 is 1.35 bits per heavy atom. The van der Waals surface area contributed by atoms with Gasteiger partial charge in [-0.1, -0.05) is 98.5 Å². The standard InChI is InChI=1S/C34H29PS2/c1-24-18-31-29(20-33(24)36-22-26-12-6-3-7-13-26)30-21-34(37-23-27-14-8-4-9-15-27)25(2)19-32(30)35(31)28-16-10-5-11-17-28/h3-21H,22-23H2,1-2H3. The van der Waals surface area contributed by atoms with Crippen LogP contribution in [0.3, 0.4) is 0 Å². The Balaban J connectivity index is 1.48. The number of aryl methyl sites for hydroxylation is 2. The third kappa shape index (κ3) is 5.12. The fraction of sp³-hybridized carbons (Fsp3) is 0.118. The fourth-order valence-corrected chi connectivity index (χ4v) is 9.70. The Kier molecular flexibility index (Phi) is 7.16. The summed E-state index contributed by atoms with van der Waals surface area (Å²) in [5, 5.41) is 7.29. The van der Waals surface area contributed by atoms with E-state index in [1.54, 1.807) is 0 Å². The zero-order chi connectivity index (χ0) is 25.2. The minimum atomic E-state index is -0.554. The first-order valence-electron chi connectivity index (χ1n) is 12.7. The normalized spacial score (nSPS) is 11.4. The highest BCUT2D eigenvalue weighted by Gasteiger charge is 2.17. The number of hydrogen-bond acceptors (Lipinski definition) is 2. The SMILES string of the molecule is Cc1cc2c(cc1SCc1ccccc1)c1cc(SCc3ccccc3)c(C)cc1p2-c1ccccc1. The van der Waals surface area contributed by atoms with Crippen molar-refractivity contribution in [2.75, 3.05) is 0 Å². The summed E-state index contributed by atoms with van der Waals surface area (Å²) in [5.41, 5.74) is 5.50. The van der Waals surface area contributed by atoms with E-state index >= 15 is 0 Å². The van der Waals surface area contributed by atoms with E-state index in [1.807, 2.05) is 23.5 Å². The molecule has 37 heavy (non-hydrogen) atoms. The summed E-state index contributed by atoms with van der Waals surface area (Å²) >= 11 is 3.91. The van der Waals surface area contributed by atoms with Gasteiger partial charge < -0.3 is 0 Å². The van der Waals surface area contributed by atoms with E-state index in [1.165, 1.54) is 58.4 Å². The Hall–Kier alpha value is -2.90. The van der Waals surface area contributed by atoms with Crippen LogP contribution in [-0.4, -0.2) is 0 Å². The van der Waals surface area contributed by atoms with Crippen LogP contribution in [0, 0.1) is 13.8 Å². The van der Waals surface area contributed by atoms with E-state index in [9.17, 15) is 0 Å². The van der Waals surface area contributed by atoms with Crippen molar-refractivity contribution < 1.29 is 0 Å². The molecular formula is C34H29PS2. The van der Waals surface area contributed by atoms with E-state index in [0.29, 0.717) is 0 Å². The van der Waals surface area contributed by atoms with Crippen molar-refractivity contribution in [3.05, 3.63) is 138 Å². The van der Waals surface area contributed by atoms with E-state index in [-0.39, 0.29) is 0 Å². The molecule has 0 amide bonds. The molecule has 0 atom stereocenters. The summed E-state index contributed by atoms with van der Waals surface area (Å²) in [7, 11) is -0.554. The predicted molar refractivity (Wildman–Crippen MR) is 167 cm³/mol. The second-order valence-electron chi connectivity index (χ2n) is 9.49. The molecule has 0 unspecified atom stereocenters. The first-order valence-corrected chi connectivity index (χ1v) is 16.0.